The van der Waals surface area contributed by atoms with E-state index in [1.54, 1.807) is 34.1 Å². The fourth-order valence-corrected chi connectivity index (χ4v) is 4.34. The van der Waals surface area contributed by atoms with Gasteiger partial charge in [0.2, 0.25) is 0 Å². The second-order valence-electron chi connectivity index (χ2n) is 7.37. The van der Waals surface area contributed by atoms with Crippen LogP contribution in [0.4, 0.5) is 0 Å². The number of halogens is 2. The fraction of sp³-hybridized carbons (Fsp3) is 0.250. The molecule has 2 aromatic carbocycles. The van der Waals surface area contributed by atoms with Gasteiger partial charge in [0.15, 0.2) is 0 Å². The number of hydrogen-bond donors (Lipinski definition) is 0. The zero-order chi connectivity index (χ0) is 21.4. The van der Waals surface area contributed by atoms with Gasteiger partial charge in [-0.15, -0.1) is 0 Å². The van der Waals surface area contributed by atoms with Crippen molar-refractivity contribution in [2.24, 2.45) is 0 Å². The predicted molar refractivity (Wildman–Crippen MR) is 121 cm³/mol. The van der Waals surface area contributed by atoms with Crippen LogP contribution in [0.2, 0.25) is 10.0 Å². The summed E-state index contributed by atoms with van der Waals surface area (Å²) in [5.74, 6) is -0.262. The second-order valence-corrected chi connectivity index (χ2v) is 8.25. The van der Waals surface area contributed by atoms with Crippen LogP contribution in [0, 0.1) is 0 Å². The SMILES string of the molecule is CCCN1C(=O)C2=C(c3ccc(Cl)cc3)N(CCC)C(=O)C2=C1c1ccc(Cl)cc1. The molecule has 4 rings (SSSR count). The maximum absolute atomic E-state index is 13.6. The average Bonchev–Trinajstić information content (AvgIpc) is 3.17. The van der Waals surface area contributed by atoms with Crippen molar-refractivity contribution in [3.05, 3.63) is 80.8 Å². The maximum atomic E-state index is 13.6. The smallest absolute Gasteiger partial charge is 0.261 e. The van der Waals surface area contributed by atoms with Gasteiger partial charge in [-0.05, 0) is 48.2 Å². The van der Waals surface area contributed by atoms with Gasteiger partial charge < -0.3 is 9.80 Å². The van der Waals surface area contributed by atoms with Crippen LogP contribution >= 0.6 is 23.2 Å². The van der Waals surface area contributed by atoms with Gasteiger partial charge in [0.25, 0.3) is 11.8 Å². The maximum Gasteiger partial charge on any atom is 0.261 e. The Morgan fingerprint density at radius 3 is 1.27 bits per heavy atom. The summed E-state index contributed by atoms with van der Waals surface area (Å²) in [5, 5.41) is 1.22. The van der Waals surface area contributed by atoms with Crippen molar-refractivity contribution in [1.82, 2.24) is 9.80 Å². The summed E-state index contributed by atoms with van der Waals surface area (Å²) >= 11 is 12.1. The molecule has 0 radical (unpaired) electrons. The van der Waals surface area contributed by atoms with Crippen LogP contribution < -0.4 is 0 Å². The Labute approximate surface area is 186 Å². The lowest BCUT2D eigenvalue weighted by Crippen LogP contribution is -2.30. The summed E-state index contributed by atoms with van der Waals surface area (Å²) < 4.78 is 0. The standard InChI is InChI=1S/C24H22Cl2N2O2/c1-3-13-27-21(15-5-9-17(25)10-6-15)19-20(23(27)29)22(28(14-4-2)24(19)30)16-7-11-18(26)12-8-16/h5-12H,3-4,13-14H2,1-2H3. The number of rotatable bonds is 6. The number of nitrogens with zero attached hydrogens (tertiary/aromatic N) is 2. The Kier molecular flexibility index (Phi) is 5.72. The largest absolute Gasteiger partial charge is 0.307 e. The van der Waals surface area contributed by atoms with E-state index in [1.165, 1.54) is 0 Å². The van der Waals surface area contributed by atoms with E-state index in [2.05, 4.69) is 0 Å². The van der Waals surface area contributed by atoms with Gasteiger partial charge in [0, 0.05) is 23.1 Å². The number of hydrogen-bond acceptors (Lipinski definition) is 2. The molecule has 0 spiro atoms. The van der Waals surface area contributed by atoms with Crippen LogP contribution in [0.3, 0.4) is 0 Å². The van der Waals surface area contributed by atoms with Crippen molar-refractivity contribution in [2.45, 2.75) is 26.7 Å². The van der Waals surface area contributed by atoms with Crippen LogP contribution in [0.5, 0.6) is 0 Å². The zero-order valence-corrected chi connectivity index (χ0v) is 18.4. The van der Waals surface area contributed by atoms with Crippen LogP contribution in [0.1, 0.15) is 37.8 Å². The van der Waals surface area contributed by atoms with Crippen LogP contribution in [0.15, 0.2) is 59.7 Å². The minimum atomic E-state index is -0.131. The molecule has 2 aromatic rings. The normalized spacial score (nSPS) is 16.3. The highest BCUT2D eigenvalue weighted by atomic mass is 35.5. The highest BCUT2D eigenvalue weighted by Crippen LogP contribution is 2.46. The molecule has 0 fully saturated rings. The molecule has 2 heterocycles. The van der Waals surface area contributed by atoms with Gasteiger partial charge in [-0.1, -0.05) is 61.3 Å². The Morgan fingerprint density at radius 1 is 0.633 bits per heavy atom. The molecule has 0 aromatic heterocycles. The Hall–Kier alpha value is -2.56. The van der Waals surface area contributed by atoms with E-state index in [0.717, 1.165) is 24.0 Å². The van der Waals surface area contributed by atoms with E-state index in [4.69, 9.17) is 23.2 Å². The molecule has 0 unspecified atom stereocenters. The molecule has 2 amide bonds. The summed E-state index contributed by atoms with van der Waals surface area (Å²) in [4.78, 5) is 30.6. The lowest BCUT2D eigenvalue weighted by atomic mass is 10.0. The summed E-state index contributed by atoms with van der Waals surface area (Å²) in [6.07, 6.45) is 1.57. The molecular formula is C24H22Cl2N2O2. The molecule has 0 aliphatic carbocycles. The van der Waals surface area contributed by atoms with Crippen LogP contribution in [-0.2, 0) is 9.59 Å². The number of amides is 2. The van der Waals surface area contributed by atoms with E-state index in [-0.39, 0.29) is 11.8 Å². The first-order chi connectivity index (χ1) is 14.5. The summed E-state index contributed by atoms with van der Waals surface area (Å²) in [7, 11) is 0. The molecule has 2 aliphatic heterocycles. The number of benzene rings is 2. The number of carbonyl (C=O) groups excluding carboxylic acids is 2. The molecular weight excluding hydrogens is 419 g/mol. The Bertz CT molecular complexity index is 982. The van der Waals surface area contributed by atoms with E-state index in [0.29, 0.717) is 45.7 Å². The first-order valence-electron chi connectivity index (χ1n) is 10.1. The third-order valence-corrected chi connectivity index (χ3v) is 5.82. The van der Waals surface area contributed by atoms with E-state index < -0.39 is 0 Å². The van der Waals surface area contributed by atoms with Crippen molar-refractivity contribution in [2.75, 3.05) is 13.1 Å². The third-order valence-electron chi connectivity index (χ3n) is 5.31. The lowest BCUT2D eigenvalue weighted by Gasteiger charge is -2.25. The third kappa shape index (κ3) is 3.34. The quantitative estimate of drug-likeness (QED) is 0.584. The highest BCUT2D eigenvalue weighted by molar-refractivity contribution is 6.32. The molecule has 6 heteroatoms. The molecule has 4 nitrogen and oxygen atoms in total. The molecule has 0 N–H and O–H groups in total. The monoisotopic (exact) mass is 440 g/mol. The van der Waals surface area contributed by atoms with Crippen molar-refractivity contribution in [3.63, 3.8) is 0 Å². The summed E-state index contributed by atoms with van der Waals surface area (Å²) in [6.45, 7) is 5.12. The van der Waals surface area contributed by atoms with Crippen LogP contribution in [-0.4, -0.2) is 34.7 Å². The number of fused-ring (bicyclic) bond motifs is 1. The number of carbonyl (C=O) groups is 2. The zero-order valence-electron chi connectivity index (χ0n) is 16.9. The molecule has 154 valence electrons. The van der Waals surface area contributed by atoms with Crippen molar-refractivity contribution >= 4 is 46.4 Å². The summed E-state index contributed by atoms with van der Waals surface area (Å²) in [5.41, 5.74) is 3.93. The van der Waals surface area contributed by atoms with E-state index in [9.17, 15) is 9.59 Å². The highest BCUT2D eigenvalue weighted by Gasteiger charge is 2.48. The molecule has 0 saturated carbocycles. The van der Waals surface area contributed by atoms with Crippen molar-refractivity contribution in [1.29, 1.82) is 0 Å². The second kappa shape index (κ2) is 8.29. The van der Waals surface area contributed by atoms with E-state index >= 15 is 0 Å². The van der Waals surface area contributed by atoms with Gasteiger partial charge in [0.1, 0.15) is 0 Å². The minimum absolute atomic E-state index is 0.131. The fourth-order valence-electron chi connectivity index (χ4n) is 4.09. The Morgan fingerprint density at radius 2 is 0.967 bits per heavy atom. The summed E-state index contributed by atoms with van der Waals surface area (Å²) in [6, 6.07) is 14.6. The van der Waals surface area contributed by atoms with Gasteiger partial charge in [0.05, 0.1) is 22.5 Å². The van der Waals surface area contributed by atoms with E-state index in [1.807, 2.05) is 38.1 Å². The predicted octanol–water partition coefficient (Wildman–Crippen LogP) is 5.62. The molecule has 0 saturated heterocycles. The van der Waals surface area contributed by atoms with Gasteiger partial charge in [-0.3, -0.25) is 9.59 Å². The van der Waals surface area contributed by atoms with Gasteiger partial charge in [-0.2, -0.15) is 0 Å². The van der Waals surface area contributed by atoms with Gasteiger partial charge in [-0.25, -0.2) is 0 Å². The van der Waals surface area contributed by atoms with Gasteiger partial charge >= 0.3 is 0 Å². The Balaban J connectivity index is 1.99. The first kappa shape index (κ1) is 20.7. The molecule has 0 atom stereocenters. The average molecular weight is 441 g/mol. The molecule has 0 bridgehead atoms. The lowest BCUT2D eigenvalue weighted by molar-refractivity contribution is -0.124. The van der Waals surface area contributed by atoms with Crippen molar-refractivity contribution < 1.29 is 9.59 Å². The topological polar surface area (TPSA) is 40.6 Å². The molecule has 30 heavy (non-hydrogen) atoms. The van der Waals surface area contributed by atoms with Crippen LogP contribution in [0.25, 0.3) is 11.4 Å². The first-order valence-corrected chi connectivity index (χ1v) is 10.9. The molecule has 2 aliphatic rings. The minimum Gasteiger partial charge on any atom is -0.307 e. The van der Waals surface area contributed by atoms with Crippen molar-refractivity contribution in [3.8, 4) is 0 Å².